The number of aromatic amines is 1. The van der Waals surface area contributed by atoms with Gasteiger partial charge in [0.25, 0.3) is 5.91 Å². The Hall–Kier alpha value is -4.43. The molecule has 5 rings (SSSR count). The lowest BCUT2D eigenvalue weighted by atomic mass is 9.99. The first-order valence-electron chi connectivity index (χ1n) is 10.9. The SMILES string of the molecule is Cc1[nH]c(/C=C2\C=NN(c3cnccn3)C2=O)c(-c2ccccc2)c1CNCc1ccncc1. The van der Waals surface area contributed by atoms with Crippen molar-refractivity contribution in [2.24, 2.45) is 5.10 Å². The zero-order valence-corrected chi connectivity index (χ0v) is 18.6. The van der Waals surface area contributed by atoms with Gasteiger partial charge in [0.05, 0.1) is 18.0 Å². The second-order valence-electron chi connectivity index (χ2n) is 7.87. The van der Waals surface area contributed by atoms with E-state index in [4.69, 9.17) is 0 Å². The van der Waals surface area contributed by atoms with E-state index in [1.807, 2.05) is 43.3 Å². The minimum atomic E-state index is -0.246. The highest BCUT2D eigenvalue weighted by molar-refractivity contribution is 6.25. The molecule has 8 nitrogen and oxygen atoms in total. The molecular formula is C26H23N7O. The summed E-state index contributed by atoms with van der Waals surface area (Å²) in [5.41, 5.74) is 6.84. The number of carbonyl (C=O) groups is 1. The van der Waals surface area contributed by atoms with Crippen LogP contribution in [0.5, 0.6) is 0 Å². The summed E-state index contributed by atoms with van der Waals surface area (Å²) in [6.07, 6.45) is 11.6. The van der Waals surface area contributed by atoms with Gasteiger partial charge in [-0.25, -0.2) is 4.98 Å². The summed E-state index contributed by atoms with van der Waals surface area (Å²) in [5, 5.41) is 9.02. The Morgan fingerprint density at radius 1 is 1.00 bits per heavy atom. The number of hydrogen-bond acceptors (Lipinski definition) is 6. The molecule has 1 amide bonds. The molecule has 4 heterocycles. The summed E-state index contributed by atoms with van der Waals surface area (Å²) in [6.45, 7) is 3.45. The quantitative estimate of drug-likeness (QED) is 0.417. The lowest BCUT2D eigenvalue weighted by molar-refractivity contribution is -0.114. The molecule has 8 heteroatoms. The Morgan fingerprint density at radius 3 is 2.59 bits per heavy atom. The van der Waals surface area contributed by atoms with Crippen LogP contribution >= 0.6 is 0 Å². The van der Waals surface area contributed by atoms with Gasteiger partial charge in [0.1, 0.15) is 0 Å². The summed E-state index contributed by atoms with van der Waals surface area (Å²) in [6, 6.07) is 14.2. The summed E-state index contributed by atoms with van der Waals surface area (Å²) < 4.78 is 0. The van der Waals surface area contributed by atoms with Gasteiger partial charge in [-0.3, -0.25) is 14.8 Å². The average molecular weight is 450 g/mol. The van der Waals surface area contributed by atoms with Crippen LogP contribution in [0.2, 0.25) is 0 Å². The smallest absolute Gasteiger partial charge is 0.281 e. The number of carbonyl (C=O) groups excluding carboxylic acids is 1. The Balaban J connectivity index is 1.46. The first-order chi connectivity index (χ1) is 16.7. The van der Waals surface area contributed by atoms with Crippen LogP contribution in [0, 0.1) is 6.92 Å². The largest absolute Gasteiger partial charge is 0.358 e. The zero-order chi connectivity index (χ0) is 23.3. The van der Waals surface area contributed by atoms with E-state index in [0.717, 1.165) is 34.6 Å². The molecule has 0 spiro atoms. The number of amides is 1. The third-order valence-corrected chi connectivity index (χ3v) is 5.61. The van der Waals surface area contributed by atoms with Crippen molar-refractivity contribution < 1.29 is 4.79 Å². The Labute approximate surface area is 197 Å². The van der Waals surface area contributed by atoms with E-state index in [0.29, 0.717) is 17.9 Å². The van der Waals surface area contributed by atoms with Crippen molar-refractivity contribution >= 4 is 24.0 Å². The van der Waals surface area contributed by atoms with Crippen LogP contribution in [0.15, 0.2) is 84.1 Å². The number of aromatic nitrogens is 4. The fraction of sp³-hybridized carbons (Fsp3) is 0.115. The fourth-order valence-electron chi connectivity index (χ4n) is 3.95. The molecule has 0 fully saturated rings. The van der Waals surface area contributed by atoms with Gasteiger partial charge in [-0.2, -0.15) is 10.1 Å². The third-order valence-electron chi connectivity index (χ3n) is 5.61. The molecule has 0 saturated carbocycles. The number of benzene rings is 1. The van der Waals surface area contributed by atoms with E-state index in [1.54, 1.807) is 24.8 Å². The van der Waals surface area contributed by atoms with Gasteiger partial charge in [0.2, 0.25) is 0 Å². The lowest BCUT2D eigenvalue weighted by Gasteiger charge is -2.10. The van der Waals surface area contributed by atoms with Crippen LogP contribution in [-0.4, -0.2) is 32.1 Å². The minimum absolute atomic E-state index is 0.246. The van der Waals surface area contributed by atoms with Crippen molar-refractivity contribution in [3.63, 3.8) is 0 Å². The third kappa shape index (κ3) is 4.39. The molecule has 0 atom stereocenters. The number of rotatable bonds is 7. The van der Waals surface area contributed by atoms with Crippen LogP contribution in [-0.2, 0) is 17.9 Å². The summed E-state index contributed by atoms with van der Waals surface area (Å²) in [5.74, 6) is 0.142. The van der Waals surface area contributed by atoms with Crippen molar-refractivity contribution in [1.29, 1.82) is 0 Å². The highest BCUT2D eigenvalue weighted by Crippen LogP contribution is 2.32. The van der Waals surface area contributed by atoms with E-state index in [9.17, 15) is 4.79 Å². The molecule has 0 radical (unpaired) electrons. The molecule has 1 aliphatic heterocycles. The number of nitrogens with zero attached hydrogens (tertiary/aromatic N) is 5. The normalized spacial score (nSPS) is 14.3. The van der Waals surface area contributed by atoms with E-state index >= 15 is 0 Å². The maximum absolute atomic E-state index is 13.0. The molecule has 0 bridgehead atoms. The van der Waals surface area contributed by atoms with Crippen molar-refractivity contribution in [2.45, 2.75) is 20.0 Å². The van der Waals surface area contributed by atoms with Crippen molar-refractivity contribution in [2.75, 3.05) is 5.01 Å². The van der Waals surface area contributed by atoms with Crippen molar-refractivity contribution in [1.82, 2.24) is 25.3 Å². The van der Waals surface area contributed by atoms with E-state index in [1.165, 1.54) is 23.0 Å². The maximum Gasteiger partial charge on any atom is 0.281 e. The van der Waals surface area contributed by atoms with Gasteiger partial charge in [-0.1, -0.05) is 30.3 Å². The van der Waals surface area contributed by atoms with Crippen molar-refractivity contribution in [3.05, 3.63) is 102 Å². The number of H-pyrrole nitrogens is 1. The second kappa shape index (κ2) is 9.60. The molecule has 168 valence electrons. The fourth-order valence-corrected chi connectivity index (χ4v) is 3.95. The van der Waals surface area contributed by atoms with Gasteiger partial charge >= 0.3 is 0 Å². The Bertz CT molecular complexity index is 1350. The first kappa shape index (κ1) is 21.4. The monoisotopic (exact) mass is 449 g/mol. The van der Waals surface area contributed by atoms with Gasteiger partial charge in [0, 0.05) is 54.8 Å². The molecule has 3 aromatic heterocycles. The molecule has 0 saturated heterocycles. The molecule has 1 aromatic carbocycles. The Kier molecular flexibility index (Phi) is 6.05. The van der Waals surface area contributed by atoms with Crippen LogP contribution in [0.25, 0.3) is 17.2 Å². The number of pyridine rings is 1. The predicted molar refractivity (Wildman–Crippen MR) is 132 cm³/mol. The number of nitrogens with one attached hydrogen (secondary N) is 2. The number of hydrazone groups is 1. The number of aryl methyl sites for hydroxylation is 1. The lowest BCUT2D eigenvalue weighted by Crippen LogP contribution is -2.22. The highest BCUT2D eigenvalue weighted by atomic mass is 16.2. The first-order valence-corrected chi connectivity index (χ1v) is 10.9. The van der Waals surface area contributed by atoms with E-state index in [2.05, 4.69) is 42.5 Å². The van der Waals surface area contributed by atoms with Crippen LogP contribution in [0.4, 0.5) is 5.82 Å². The molecule has 0 aliphatic carbocycles. The predicted octanol–water partition coefficient (Wildman–Crippen LogP) is 3.88. The van der Waals surface area contributed by atoms with Crippen molar-refractivity contribution in [3.8, 4) is 11.1 Å². The zero-order valence-electron chi connectivity index (χ0n) is 18.6. The minimum Gasteiger partial charge on any atom is -0.358 e. The number of hydrogen-bond donors (Lipinski definition) is 2. The molecule has 4 aromatic rings. The van der Waals surface area contributed by atoms with Crippen LogP contribution in [0.3, 0.4) is 0 Å². The van der Waals surface area contributed by atoms with Crippen LogP contribution < -0.4 is 10.3 Å². The van der Waals surface area contributed by atoms with Gasteiger partial charge in [-0.05, 0) is 41.8 Å². The summed E-state index contributed by atoms with van der Waals surface area (Å²) in [7, 11) is 0. The Morgan fingerprint density at radius 2 is 1.82 bits per heavy atom. The maximum atomic E-state index is 13.0. The molecule has 2 N–H and O–H groups in total. The highest BCUT2D eigenvalue weighted by Gasteiger charge is 2.26. The average Bonchev–Trinajstić information content (AvgIpc) is 3.40. The molecule has 34 heavy (non-hydrogen) atoms. The topological polar surface area (TPSA) is 99.2 Å². The summed E-state index contributed by atoms with van der Waals surface area (Å²) in [4.78, 5) is 28.8. The van der Waals surface area contributed by atoms with Gasteiger partial charge < -0.3 is 10.3 Å². The standard InChI is InChI=1S/C26H23N7O/c1-18-22(16-29-14-19-7-9-27-10-8-19)25(20-5-3-2-4-6-20)23(32-18)13-21-15-31-33(26(21)34)24-17-28-11-12-30-24/h2-13,15,17,29,32H,14,16H2,1H3/b21-13+. The van der Waals surface area contributed by atoms with Crippen LogP contribution in [0.1, 0.15) is 22.5 Å². The van der Waals surface area contributed by atoms with E-state index in [-0.39, 0.29) is 5.91 Å². The molecular weight excluding hydrogens is 426 g/mol. The summed E-state index contributed by atoms with van der Waals surface area (Å²) >= 11 is 0. The van der Waals surface area contributed by atoms with Gasteiger partial charge in [-0.15, -0.1) is 0 Å². The second-order valence-corrected chi connectivity index (χ2v) is 7.87. The number of anilines is 1. The van der Waals surface area contributed by atoms with E-state index < -0.39 is 0 Å². The molecule has 1 aliphatic rings. The van der Waals surface area contributed by atoms with Gasteiger partial charge in [0.15, 0.2) is 5.82 Å². The molecule has 0 unspecified atom stereocenters.